The van der Waals surface area contributed by atoms with Gasteiger partial charge < -0.3 is 19.2 Å². The first-order valence-corrected chi connectivity index (χ1v) is 9.10. The molecule has 1 N–H and O–H groups in total. The van der Waals surface area contributed by atoms with Crippen LogP contribution in [-0.4, -0.2) is 71.5 Å². The molecule has 0 unspecified atom stereocenters. The van der Waals surface area contributed by atoms with E-state index < -0.39 is 0 Å². The number of rotatable bonds is 4. The fourth-order valence-corrected chi connectivity index (χ4v) is 3.38. The predicted octanol–water partition coefficient (Wildman–Crippen LogP) is 1.30. The van der Waals surface area contributed by atoms with Gasteiger partial charge in [0.2, 0.25) is 5.91 Å². The Morgan fingerprint density at radius 2 is 2.04 bits per heavy atom. The second-order valence-corrected chi connectivity index (χ2v) is 6.72. The quantitative estimate of drug-likeness (QED) is 0.724. The van der Waals surface area contributed by atoms with Crippen LogP contribution in [0.4, 0.5) is 0 Å². The predicted molar refractivity (Wildman–Crippen MR) is 101 cm³/mol. The summed E-state index contributed by atoms with van der Waals surface area (Å²) in [5, 5.41) is 7.21. The molecule has 3 aromatic rings. The standard InChI is InChI=1S/C19H21N5O4/c1-12-17-13(10-14(15-4-3-9-27-15)21-18(17)28-22-12)19(26)24-7-5-23(6-8-24)11-16(25)20-2/h3-4,9-10H,5-8,11H2,1-2H3,(H,20,25). The number of hydrogen-bond donors (Lipinski definition) is 1. The van der Waals surface area contributed by atoms with Crippen molar-refractivity contribution in [2.45, 2.75) is 6.92 Å². The highest BCUT2D eigenvalue weighted by Gasteiger charge is 2.27. The molecule has 0 aromatic carbocycles. The topological polar surface area (TPSA) is 105 Å². The van der Waals surface area contributed by atoms with E-state index in [0.717, 1.165) is 0 Å². The van der Waals surface area contributed by atoms with Gasteiger partial charge in [-0.1, -0.05) is 5.16 Å². The molecule has 3 aromatic heterocycles. The molecule has 1 aliphatic rings. The Morgan fingerprint density at radius 1 is 1.25 bits per heavy atom. The molecule has 1 aliphatic heterocycles. The highest BCUT2D eigenvalue weighted by molar-refractivity contribution is 6.06. The van der Waals surface area contributed by atoms with Gasteiger partial charge in [-0.25, -0.2) is 4.98 Å². The van der Waals surface area contributed by atoms with E-state index in [1.54, 1.807) is 43.3 Å². The molecule has 146 valence electrons. The van der Waals surface area contributed by atoms with Crippen LogP contribution < -0.4 is 5.32 Å². The summed E-state index contributed by atoms with van der Waals surface area (Å²) < 4.78 is 10.7. The SMILES string of the molecule is CNC(=O)CN1CCN(C(=O)c2cc(-c3ccco3)nc3onc(C)c23)CC1. The number of carbonyl (C=O) groups excluding carboxylic acids is 2. The fraction of sp³-hybridized carbons (Fsp3) is 0.368. The summed E-state index contributed by atoms with van der Waals surface area (Å²) in [5.41, 5.74) is 1.95. The van der Waals surface area contributed by atoms with Crippen LogP contribution in [0.25, 0.3) is 22.6 Å². The highest BCUT2D eigenvalue weighted by atomic mass is 16.5. The van der Waals surface area contributed by atoms with Crippen LogP contribution in [0, 0.1) is 6.92 Å². The number of aryl methyl sites for hydroxylation is 1. The molecular weight excluding hydrogens is 362 g/mol. The minimum atomic E-state index is -0.105. The molecular formula is C19H21N5O4. The van der Waals surface area contributed by atoms with Crippen LogP contribution in [0.1, 0.15) is 16.1 Å². The minimum Gasteiger partial charge on any atom is -0.463 e. The normalized spacial score (nSPS) is 15.1. The van der Waals surface area contributed by atoms with Gasteiger partial charge in [-0.2, -0.15) is 0 Å². The molecule has 0 radical (unpaired) electrons. The first kappa shape index (κ1) is 18.2. The van der Waals surface area contributed by atoms with Crippen molar-refractivity contribution < 1.29 is 18.5 Å². The number of carbonyl (C=O) groups is 2. The smallest absolute Gasteiger partial charge is 0.259 e. The molecule has 4 heterocycles. The third-order valence-electron chi connectivity index (χ3n) is 4.93. The third-order valence-corrected chi connectivity index (χ3v) is 4.93. The number of aromatic nitrogens is 2. The Kier molecular flexibility index (Phi) is 4.82. The molecule has 9 heteroatoms. The second-order valence-electron chi connectivity index (χ2n) is 6.72. The van der Waals surface area contributed by atoms with Crippen LogP contribution in [0.5, 0.6) is 0 Å². The van der Waals surface area contributed by atoms with Gasteiger partial charge in [-0.3, -0.25) is 14.5 Å². The van der Waals surface area contributed by atoms with E-state index in [4.69, 9.17) is 8.94 Å². The molecule has 1 saturated heterocycles. The average Bonchev–Trinajstić information content (AvgIpc) is 3.38. The zero-order valence-electron chi connectivity index (χ0n) is 15.8. The van der Waals surface area contributed by atoms with E-state index in [-0.39, 0.29) is 11.8 Å². The Labute approximate surface area is 161 Å². The zero-order valence-corrected chi connectivity index (χ0v) is 15.8. The number of furan rings is 1. The largest absolute Gasteiger partial charge is 0.463 e. The van der Waals surface area contributed by atoms with Gasteiger partial charge in [0.05, 0.1) is 29.5 Å². The lowest BCUT2D eigenvalue weighted by Crippen LogP contribution is -2.50. The number of amides is 2. The lowest BCUT2D eigenvalue weighted by Gasteiger charge is -2.34. The number of hydrogen-bond acceptors (Lipinski definition) is 7. The van der Waals surface area contributed by atoms with Gasteiger partial charge in [0.25, 0.3) is 11.6 Å². The zero-order chi connectivity index (χ0) is 19.7. The summed E-state index contributed by atoms with van der Waals surface area (Å²) in [6.45, 7) is 4.49. The summed E-state index contributed by atoms with van der Waals surface area (Å²) in [7, 11) is 1.62. The maximum Gasteiger partial charge on any atom is 0.259 e. The number of nitrogens with one attached hydrogen (secondary N) is 1. The number of piperazine rings is 1. The Balaban J connectivity index is 1.61. The monoisotopic (exact) mass is 383 g/mol. The molecule has 0 bridgehead atoms. The molecule has 0 atom stereocenters. The molecule has 9 nitrogen and oxygen atoms in total. The first-order valence-electron chi connectivity index (χ1n) is 9.10. The minimum absolute atomic E-state index is 0.0289. The van der Waals surface area contributed by atoms with E-state index in [9.17, 15) is 9.59 Å². The molecule has 28 heavy (non-hydrogen) atoms. The second kappa shape index (κ2) is 7.43. The first-order chi connectivity index (χ1) is 13.6. The Bertz CT molecular complexity index is 1000. The van der Waals surface area contributed by atoms with Gasteiger partial charge in [0.1, 0.15) is 5.69 Å². The summed E-state index contributed by atoms with van der Waals surface area (Å²) in [4.78, 5) is 33.1. The molecule has 1 fully saturated rings. The van der Waals surface area contributed by atoms with Crippen molar-refractivity contribution in [3.8, 4) is 11.5 Å². The molecule has 4 rings (SSSR count). The third kappa shape index (κ3) is 3.36. The van der Waals surface area contributed by atoms with Gasteiger partial charge in [-0.15, -0.1) is 0 Å². The van der Waals surface area contributed by atoms with Crippen LogP contribution in [-0.2, 0) is 4.79 Å². The summed E-state index contributed by atoms with van der Waals surface area (Å²) >= 11 is 0. The summed E-state index contributed by atoms with van der Waals surface area (Å²) in [6, 6.07) is 5.27. The van der Waals surface area contributed by atoms with Crippen LogP contribution in [0.15, 0.2) is 33.4 Å². The molecule has 0 spiro atoms. The average molecular weight is 383 g/mol. The van der Waals surface area contributed by atoms with Crippen molar-refractivity contribution >= 4 is 22.9 Å². The van der Waals surface area contributed by atoms with Gasteiger partial charge >= 0.3 is 0 Å². The van der Waals surface area contributed by atoms with E-state index in [1.165, 1.54) is 0 Å². The Morgan fingerprint density at radius 3 is 2.71 bits per heavy atom. The highest BCUT2D eigenvalue weighted by Crippen LogP contribution is 2.28. The van der Waals surface area contributed by atoms with Crippen molar-refractivity contribution in [3.63, 3.8) is 0 Å². The van der Waals surface area contributed by atoms with E-state index in [1.807, 2.05) is 4.90 Å². The van der Waals surface area contributed by atoms with Gasteiger partial charge in [0.15, 0.2) is 5.76 Å². The lowest BCUT2D eigenvalue weighted by atomic mass is 10.1. The van der Waals surface area contributed by atoms with Crippen LogP contribution >= 0.6 is 0 Å². The summed E-state index contributed by atoms with van der Waals surface area (Å²) in [6.07, 6.45) is 1.56. The van der Waals surface area contributed by atoms with Crippen molar-refractivity contribution in [2.75, 3.05) is 39.8 Å². The van der Waals surface area contributed by atoms with Gasteiger partial charge in [0, 0.05) is 33.2 Å². The number of likely N-dealkylation sites (N-methyl/N-ethyl adjacent to an activating group) is 1. The number of fused-ring (bicyclic) bond motifs is 1. The van der Waals surface area contributed by atoms with Crippen LogP contribution in [0.2, 0.25) is 0 Å². The maximum absolute atomic E-state index is 13.3. The number of nitrogens with zero attached hydrogens (tertiary/aromatic N) is 4. The van der Waals surface area contributed by atoms with Crippen molar-refractivity contribution in [2.24, 2.45) is 0 Å². The Hall–Kier alpha value is -3.20. The van der Waals surface area contributed by atoms with Crippen molar-refractivity contribution in [1.29, 1.82) is 0 Å². The lowest BCUT2D eigenvalue weighted by molar-refractivity contribution is -0.122. The fourth-order valence-electron chi connectivity index (χ4n) is 3.38. The number of pyridine rings is 1. The van der Waals surface area contributed by atoms with Crippen LogP contribution in [0.3, 0.4) is 0 Å². The van der Waals surface area contributed by atoms with E-state index >= 15 is 0 Å². The van der Waals surface area contributed by atoms with E-state index in [2.05, 4.69) is 15.5 Å². The maximum atomic E-state index is 13.3. The van der Waals surface area contributed by atoms with Crippen molar-refractivity contribution in [1.82, 2.24) is 25.3 Å². The van der Waals surface area contributed by atoms with Gasteiger partial charge in [-0.05, 0) is 25.1 Å². The summed E-state index contributed by atoms with van der Waals surface area (Å²) in [5.74, 6) is 0.422. The molecule has 0 saturated carbocycles. The molecule has 0 aliphatic carbocycles. The molecule has 2 amide bonds. The van der Waals surface area contributed by atoms with E-state index in [0.29, 0.717) is 66.5 Å². The van der Waals surface area contributed by atoms with Crippen molar-refractivity contribution in [3.05, 3.63) is 35.7 Å².